The third-order valence-corrected chi connectivity index (χ3v) is 5.98. The number of nitrogens with one attached hydrogen (secondary N) is 2. The molecule has 0 saturated carbocycles. The number of piperidine rings is 1. The largest absolute Gasteiger partial charge is 0.326 e. The van der Waals surface area contributed by atoms with Crippen molar-refractivity contribution < 1.29 is 0 Å². The number of amidine groups is 1. The van der Waals surface area contributed by atoms with Gasteiger partial charge in [-0.2, -0.15) is 0 Å². The molecule has 4 nitrogen and oxygen atoms in total. The summed E-state index contributed by atoms with van der Waals surface area (Å²) in [7, 11) is 0. The maximum absolute atomic E-state index is 8.79. The normalized spacial score (nSPS) is 19.5. The lowest BCUT2D eigenvalue weighted by molar-refractivity contribution is 0.537. The van der Waals surface area contributed by atoms with Gasteiger partial charge >= 0.3 is 0 Å². The van der Waals surface area contributed by atoms with Crippen molar-refractivity contribution in [1.82, 2.24) is 10.3 Å². The minimum atomic E-state index is 0.249. The number of aryl methyl sites for hydroxylation is 1. The molecule has 2 aliphatic rings. The van der Waals surface area contributed by atoms with Gasteiger partial charge in [0.15, 0.2) is 0 Å². The van der Waals surface area contributed by atoms with Crippen molar-refractivity contribution in [3.05, 3.63) is 71.9 Å². The molecule has 2 aromatic carbocycles. The van der Waals surface area contributed by atoms with Gasteiger partial charge in [0, 0.05) is 41.8 Å². The maximum Gasteiger partial charge on any atom is 0.108 e. The second-order valence-corrected chi connectivity index (χ2v) is 7.71. The van der Waals surface area contributed by atoms with Crippen LogP contribution in [0.2, 0.25) is 0 Å². The van der Waals surface area contributed by atoms with Crippen LogP contribution in [-0.2, 0) is 0 Å². The molecule has 5 rings (SSSR count). The molecule has 0 aliphatic carbocycles. The summed E-state index contributed by atoms with van der Waals surface area (Å²) in [5.41, 5.74) is 5.77. The first-order valence-electron chi connectivity index (χ1n) is 9.92. The van der Waals surface area contributed by atoms with Crippen molar-refractivity contribution in [2.24, 2.45) is 5.92 Å². The van der Waals surface area contributed by atoms with E-state index < -0.39 is 0 Å². The third-order valence-electron chi connectivity index (χ3n) is 5.98. The molecule has 0 spiro atoms. The Bertz CT molecular complexity index is 1100. The van der Waals surface area contributed by atoms with Crippen LogP contribution in [0.4, 0.5) is 5.69 Å². The highest BCUT2D eigenvalue weighted by Gasteiger charge is 2.30. The minimum absolute atomic E-state index is 0.249. The Morgan fingerprint density at radius 2 is 1.96 bits per heavy atom. The van der Waals surface area contributed by atoms with Gasteiger partial charge < -0.3 is 10.2 Å². The predicted octanol–water partition coefficient (Wildman–Crippen LogP) is 4.54. The number of hydrogen-bond acceptors (Lipinski definition) is 3. The molecule has 4 heteroatoms. The predicted molar refractivity (Wildman–Crippen MR) is 116 cm³/mol. The molecule has 1 aromatic heterocycles. The van der Waals surface area contributed by atoms with E-state index in [0.717, 1.165) is 54.2 Å². The molecule has 0 amide bonds. The summed E-state index contributed by atoms with van der Waals surface area (Å²) < 4.78 is 0. The molecule has 2 N–H and O–H groups in total. The molecule has 0 radical (unpaired) electrons. The first-order valence-corrected chi connectivity index (χ1v) is 9.92. The molecule has 1 fully saturated rings. The number of pyridine rings is 1. The Labute approximate surface area is 165 Å². The van der Waals surface area contributed by atoms with Gasteiger partial charge in [-0.15, -0.1) is 0 Å². The maximum atomic E-state index is 8.79. The van der Waals surface area contributed by atoms with E-state index in [-0.39, 0.29) is 5.92 Å². The fourth-order valence-electron chi connectivity index (χ4n) is 4.34. The smallest absolute Gasteiger partial charge is 0.108 e. The van der Waals surface area contributed by atoms with Crippen LogP contribution in [0.1, 0.15) is 12.0 Å². The van der Waals surface area contributed by atoms with E-state index in [1.54, 1.807) is 0 Å². The van der Waals surface area contributed by atoms with E-state index in [1.807, 2.05) is 12.3 Å². The van der Waals surface area contributed by atoms with Crippen molar-refractivity contribution in [3.63, 3.8) is 0 Å². The minimum Gasteiger partial charge on any atom is -0.326 e. The van der Waals surface area contributed by atoms with Gasteiger partial charge in [-0.05, 0) is 54.6 Å². The Kier molecular flexibility index (Phi) is 4.21. The number of aromatic nitrogens is 1. The van der Waals surface area contributed by atoms with E-state index >= 15 is 0 Å². The molecule has 140 valence electrons. The van der Waals surface area contributed by atoms with E-state index in [9.17, 15) is 0 Å². The van der Waals surface area contributed by atoms with E-state index in [1.165, 1.54) is 16.5 Å². The van der Waals surface area contributed by atoms with E-state index in [2.05, 4.69) is 65.7 Å². The van der Waals surface area contributed by atoms with E-state index in [0.29, 0.717) is 0 Å². The van der Waals surface area contributed by atoms with Gasteiger partial charge in [-0.25, -0.2) is 0 Å². The van der Waals surface area contributed by atoms with Gasteiger partial charge in [0.1, 0.15) is 5.84 Å². The molecular formula is C24H24N4. The van der Waals surface area contributed by atoms with Crippen molar-refractivity contribution in [2.75, 3.05) is 24.5 Å². The molecular weight excluding hydrogens is 344 g/mol. The van der Waals surface area contributed by atoms with Crippen LogP contribution in [0.3, 0.4) is 0 Å². The summed E-state index contributed by atoms with van der Waals surface area (Å²) in [4.78, 5) is 6.86. The second-order valence-electron chi connectivity index (χ2n) is 7.71. The van der Waals surface area contributed by atoms with Crippen LogP contribution in [-0.4, -0.2) is 30.5 Å². The third kappa shape index (κ3) is 2.90. The molecule has 28 heavy (non-hydrogen) atoms. The molecule has 3 heterocycles. The standard InChI is InChI=1S/C24H24N4/c1-16-6-7-20(28-11-9-19-14-26-10-8-21(19)24(28)25)13-22(16)23-12-17-4-2-3-5-18(17)15-27-23/h2-7,9,12-13,15,21,25-26H,8,10-11,14H2,1H3. The average Bonchev–Trinajstić information content (AvgIpc) is 2.74. The lowest BCUT2D eigenvalue weighted by Gasteiger charge is -2.37. The summed E-state index contributed by atoms with van der Waals surface area (Å²) in [6.45, 7) is 4.79. The van der Waals surface area contributed by atoms with Crippen molar-refractivity contribution >= 4 is 22.3 Å². The van der Waals surface area contributed by atoms with Crippen molar-refractivity contribution in [2.45, 2.75) is 13.3 Å². The zero-order valence-corrected chi connectivity index (χ0v) is 16.1. The SMILES string of the molecule is Cc1ccc(N2CC=C3CNCCC3C2=N)cc1-c1cc2ccccc2cn1. The molecule has 1 saturated heterocycles. The fraction of sp³-hybridized carbons (Fsp3) is 0.250. The lowest BCUT2D eigenvalue weighted by Crippen LogP contribution is -2.45. The fourth-order valence-corrected chi connectivity index (χ4v) is 4.34. The van der Waals surface area contributed by atoms with Gasteiger partial charge in [-0.3, -0.25) is 10.4 Å². The summed E-state index contributed by atoms with van der Waals surface area (Å²) in [5.74, 6) is 0.971. The highest BCUT2D eigenvalue weighted by Crippen LogP contribution is 2.33. The topological polar surface area (TPSA) is 52.0 Å². The van der Waals surface area contributed by atoms with Gasteiger partial charge in [-0.1, -0.05) is 36.4 Å². The Morgan fingerprint density at radius 3 is 2.86 bits per heavy atom. The second kappa shape index (κ2) is 6.88. The summed E-state index contributed by atoms with van der Waals surface area (Å²) in [6.07, 6.45) is 5.25. The number of rotatable bonds is 2. The highest BCUT2D eigenvalue weighted by atomic mass is 15.2. The first kappa shape index (κ1) is 17.1. The van der Waals surface area contributed by atoms with Crippen LogP contribution >= 0.6 is 0 Å². The van der Waals surface area contributed by atoms with Crippen LogP contribution in [0.15, 0.2) is 66.4 Å². The van der Waals surface area contributed by atoms with Crippen molar-refractivity contribution in [3.8, 4) is 11.3 Å². The van der Waals surface area contributed by atoms with Gasteiger partial charge in [0.05, 0.1) is 5.69 Å². The number of anilines is 1. The average molecular weight is 368 g/mol. The lowest BCUT2D eigenvalue weighted by atomic mass is 9.87. The Hall–Kier alpha value is -2.98. The summed E-state index contributed by atoms with van der Waals surface area (Å²) >= 11 is 0. The van der Waals surface area contributed by atoms with Crippen LogP contribution < -0.4 is 10.2 Å². The Morgan fingerprint density at radius 1 is 1.11 bits per heavy atom. The number of benzene rings is 2. The zero-order valence-electron chi connectivity index (χ0n) is 16.1. The number of nitrogens with zero attached hydrogens (tertiary/aromatic N) is 2. The number of hydrogen-bond donors (Lipinski definition) is 2. The zero-order chi connectivity index (χ0) is 19.1. The molecule has 0 bridgehead atoms. The number of fused-ring (bicyclic) bond motifs is 2. The van der Waals surface area contributed by atoms with Gasteiger partial charge in [0.2, 0.25) is 0 Å². The molecule has 3 aromatic rings. The molecule has 1 unspecified atom stereocenters. The van der Waals surface area contributed by atoms with Crippen LogP contribution in [0, 0.1) is 18.3 Å². The van der Waals surface area contributed by atoms with Crippen LogP contribution in [0.25, 0.3) is 22.0 Å². The summed E-state index contributed by atoms with van der Waals surface area (Å²) in [6, 6.07) is 17.0. The molecule has 1 atom stereocenters. The van der Waals surface area contributed by atoms with Crippen molar-refractivity contribution in [1.29, 1.82) is 5.41 Å². The first-order chi connectivity index (χ1) is 13.7. The van der Waals surface area contributed by atoms with Gasteiger partial charge in [0.25, 0.3) is 0 Å². The highest BCUT2D eigenvalue weighted by molar-refractivity contribution is 6.01. The van der Waals surface area contributed by atoms with Crippen LogP contribution in [0.5, 0.6) is 0 Å². The summed E-state index contributed by atoms with van der Waals surface area (Å²) in [5, 5.41) is 14.6. The quantitative estimate of drug-likeness (QED) is 0.653. The van der Waals surface area contributed by atoms with E-state index in [4.69, 9.17) is 10.4 Å². The Balaban J connectivity index is 1.54. The monoisotopic (exact) mass is 368 g/mol. The molecule has 2 aliphatic heterocycles.